The van der Waals surface area contributed by atoms with E-state index >= 15 is 0 Å². The van der Waals surface area contributed by atoms with E-state index in [9.17, 15) is 4.79 Å². The van der Waals surface area contributed by atoms with Crippen molar-refractivity contribution in [3.05, 3.63) is 29.3 Å². The lowest BCUT2D eigenvalue weighted by Crippen LogP contribution is -2.37. The molecule has 0 aromatic heterocycles. The van der Waals surface area contributed by atoms with Gasteiger partial charge >= 0.3 is 0 Å². The lowest BCUT2D eigenvalue weighted by molar-refractivity contribution is 0.0384. The Bertz CT molecular complexity index is 403. The Morgan fingerprint density at radius 3 is 2.65 bits per heavy atom. The number of hydrogen-bond acceptors (Lipinski definition) is 5. The van der Waals surface area contributed by atoms with Crippen molar-refractivity contribution >= 4 is 6.29 Å². The van der Waals surface area contributed by atoms with Crippen molar-refractivity contribution in [1.29, 1.82) is 0 Å². The summed E-state index contributed by atoms with van der Waals surface area (Å²) in [5.74, 6) is 0.799. The molecule has 1 aliphatic rings. The number of ether oxygens (including phenoxy) is 2. The molecule has 1 N–H and O–H groups in total. The third-order valence-electron chi connectivity index (χ3n) is 3.25. The molecule has 1 fully saturated rings. The summed E-state index contributed by atoms with van der Waals surface area (Å²) in [4.78, 5) is 13.1. The molecular formula is C15H23NO4. The second-order valence-corrected chi connectivity index (χ2v) is 4.39. The number of hydrogen-bond donors (Lipinski definition) is 1. The first-order valence-corrected chi connectivity index (χ1v) is 6.70. The van der Waals surface area contributed by atoms with E-state index in [0.29, 0.717) is 5.56 Å². The van der Waals surface area contributed by atoms with Crippen LogP contribution in [0.1, 0.15) is 15.9 Å². The number of methoxy groups -OCH3 is 1. The van der Waals surface area contributed by atoms with Gasteiger partial charge in [-0.15, -0.1) is 0 Å². The number of carbonyl (C=O) groups excluding carboxylic acids is 1. The largest absolute Gasteiger partial charge is 0.496 e. The lowest BCUT2D eigenvalue weighted by atomic mass is 10.1. The first-order valence-electron chi connectivity index (χ1n) is 6.70. The number of benzene rings is 1. The van der Waals surface area contributed by atoms with Gasteiger partial charge in [0.15, 0.2) is 0 Å². The smallest absolute Gasteiger partial charge is 0.150 e. The summed E-state index contributed by atoms with van der Waals surface area (Å²) in [6.07, 6.45) is 1.77. The third-order valence-corrected chi connectivity index (χ3v) is 3.25. The van der Waals surface area contributed by atoms with Crippen LogP contribution in [-0.2, 0) is 11.2 Å². The van der Waals surface area contributed by atoms with Crippen LogP contribution in [0.5, 0.6) is 5.75 Å². The van der Waals surface area contributed by atoms with E-state index in [1.54, 1.807) is 13.2 Å². The molecule has 112 valence electrons. The van der Waals surface area contributed by atoms with Gasteiger partial charge in [0.1, 0.15) is 12.0 Å². The molecule has 1 saturated heterocycles. The van der Waals surface area contributed by atoms with Crippen LogP contribution < -0.4 is 4.74 Å². The molecular weight excluding hydrogens is 258 g/mol. The van der Waals surface area contributed by atoms with Gasteiger partial charge in [-0.05, 0) is 18.1 Å². The number of carbonyl (C=O) groups is 1. The summed E-state index contributed by atoms with van der Waals surface area (Å²) in [6, 6.07) is 5.61. The van der Waals surface area contributed by atoms with Crippen LogP contribution in [0.4, 0.5) is 0 Å². The fraction of sp³-hybridized carbons (Fsp3) is 0.533. The second-order valence-electron chi connectivity index (χ2n) is 4.39. The number of rotatable bonds is 5. The summed E-state index contributed by atoms with van der Waals surface area (Å²) in [5.41, 5.74) is 1.80. The topological polar surface area (TPSA) is 59.0 Å². The molecule has 0 bridgehead atoms. The van der Waals surface area contributed by atoms with Crippen molar-refractivity contribution in [1.82, 2.24) is 4.90 Å². The Morgan fingerprint density at radius 2 is 2.05 bits per heavy atom. The Hall–Kier alpha value is -1.43. The van der Waals surface area contributed by atoms with E-state index in [1.165, 1.54) is 0 Å². The van der Waals surface area contributed by atoms with E-state index < -0.39 is 0 Å². The lowest BCUT2D eigenvalue weighted by Gasteiger charge is -2.26. The highest BCUT2D eigenvalue weighted by atomic mass is 16.5. The molecule has 0 atom stereocenters. The minimum Gasteiger partial charge on any atom is -0.496 e. The van der Waals surface area contributed by atoms with Gasteiger partial charge in [-0.3, -0.25) is 9.69 Å². The molecule has 0 spiro atoms. The van der Waals surface area contributed by atoms with Gasteiger partial charge in [0.25, 0.3) is 0 Å². The van der Waals surface area contributed by atoms with Gasteiger partial charge in [0.2, 0.25) is 0 Å². The van der Waals surface area contributed by atoms with Gasteiger partial charge in [-0.1, -0.05) is 12.1 Å². The number of aldehydes is 1. The Balaban J connectivity index is 0.000000956. The minimum atomic E-state index is 0.655. The molecule has 0 saturated carbocycles. The number of aliphatic hydroxyl groups excluding tert-OH is 1. The van der Waals surface area contributed by atoms with Crippen molar-refractivity contribution in [2.24, 2.45) is 0 Å². The zero-order chi connectivity index (χ0) is 14.8. The monoisotopic (exact) mass is 281 g/mol. The maximum atomic E-state index is 10.7. The Kier molecular flexibility index (Phi) is 7.87. The highest BCUT2D eigenvalue weighted by Crippen LogP contribution is 2.20. The predicted octanol–water partition coefficient (Wildman–Crippen LogP) is 0.991. The van der Waals surface area contributed by atoms with E-state index in [1.807, 2.05) is 12.1 Å². The molecule has 1 heterocycles. The molecule has 1 aromatic carbocycles. The molecule has 5 nitrogen and oxygen atoms in total. The van der Waals surface area contributed by atoms with Crippen molar-refractivity contribution in [3.63, 3.8) is 0 Å². The average Bonchev–Trinajstić information content (AvgIpc) is 2.55. The fourth-order valence-electron chi connectivity index (χ4n) is 2.14. The van der Waals surface area contributed by atoms with Crippen LogP contribution >= 0.6 is 0 Å². The fourth-order valence-corrected chi connectivity index (χ4v) is 2.14. The minimum absolute atomic E-state index is 0.655. The molecule has 0 amide bonds. The predicted molar refractivity (Wildman–Crippen MR) is 77.5 cm³/mol. The molecule has 0 aliphatic carbocycles. The summed E-state index contributed by atoms with van der Waals surface area (Å²) < 4.78 is 10.6. The number of nitrogens with zero attached hydrogens (tertiary/aromatic N) is 1. The first kappa shape index (κ1) is 16.6. The zero-order valence-corrected chi connectivity index (χ0v) is 12.2. The third kappa shape index (κ3) is 4.92. The molecule has 0 radical (unpaired) electrons. The summed E-state index contributed by atoms with van der Waals surface area (Å²) in [7, 11) is 2.64. The maximum absolute atomic E-state index is 10.7. The van der Waals surface area contributed by atoms with Gasteiger partial charge in [0.05, 0.1) is 20.3 Å². The van der Waals surface area contributed by atoms with E-state index in [2.05, 4.69) is 4.90 Å². The highest BCUT2D eigenvalue weighted by molar-refractivity contribution is 5.75. The second kappa shape index (κ2) is 9.47. The highest BCUT2D eigenvalue weighted by Gasteiger charge is 2.11. The molecule has 2 rings (SSSR count). The number of morpholine rings is 1. The van der Waals surface area contributed by atoms with Gasteiger partial charge < -0.3 is 14.6 Å². The van der Waals surface area contributed by atoms with Crippen LogP contribution in [0, 0.1) is 0 Å². The SMILES string of the molecule is CO.COc1cc(C=O)ccc1CCN1CCOCC1. The summed E-state index contributed by atoms with van der Waals surface area (Å²) in [5, 5.41) is 7.00. The standard InChI is InChI=1S/C14H19NO3.CH4O/c1-17-14-10-12(11-16)2-3-13(14)4-5-15-6-8-18-9-7-15;1-2/h2-3,10-11H,4-9H2,1H3;2H,1H3. The number of aliphatic hydroxyl groups is 1. The van der Waals surface area contributed by atoms with E-state index in [-0.39, 0.29) is 0 Å². The van der Waals surface area contributed by atoms with E-state index in [4.69, 9.17) is 14.6 Å². The first-order chi connectivity index (χ1) is 9.83. The quantitative estimate of drug-likeness (QED) is 0.816. The zero-order valence-electron chi connectivity index (χ0n) is 12.2. The van der Waals surface area contributed by atoms with Crippen LogP contribution in [0.25, 0.3) is 0 Å². The molecule has 1 aromatic rings. The van der Waals surface area contributed by atoms with Crippen molar-refractivity contribution in [3.8, 4) is 5.75 Å². The average molecular weight is 281 g/mol. The van der Waals surface area contributed by atoms with Crippen LogP contribution in [0.15, 0.2) is 18.2 Å². The van der Waals surface area contributed by atoms with Crippen molar-refractivity contribution in [2.45, 2.75) is 6.42 Å². The van der Waals surface area contributed by atoms with Crippen LogP contribution in [0.2, 0.25) is 0 Å². The van der Waals surface area contributed by atoms with Crippen molar-refractivity contribution < 1.29 is 19.4 Å². The summed E-state index contributed by atoms with van der Waals surface area (Å²) >= 11 is 0. The van der Waals surface area contributed by atoms with Crippen LogP contribution in [-0.4, -0.2) is 63.4 Å². The van der Waals surface area contributed by atoms with Gasteiger partial charge in [0, 0.05) is 32.3 Å². The molecule has 20 heavy (non-hydrogen) atoms. The molecule has 1 aliphatic heterocycles. The Morgan fingerprint density at radius 1 is 1.35 bits per heavy atom. The van der Waals surface area contributed by atoms with Gasteiger partial charge in [-0.2, -0.15) is 0 Å². The van der Waals surface area contributed by atoms with Crippen molar-refractivity contribution in [2.75, 3.05) is 47.1 Å². The Labute approximate surface area is 120 Å². The molecule has 5 heteroatoms. The summed E-state index contributed by atoms with van der Waals surface area (Å²) in [6.45, 7) is 4.63. The maximum Gasteiger partial charge on any atom is 0.150 e. The van der Waals surface area contributed by atoms with Gasteiger partial charge in [-0.25, -0.2) is 0 Å². The molecule has 0 unspecified atom stereocenters. The van der Waals surface area contributed by atoms with Crippen LogP contribution in [0.3, 0.4) is 0 Å². The normalized spacial score (nSPS) is 15.2. The van der Waals surface area contributed by atoms with E-state index in [0.717, 1.165) is 64.0 Å².